The minimum absolute atomic E-state index is 0.118. The molecule has 0 aliphatic carbocycles. The number of azo groups is 1. The van der Waals surface area contributed by atoms with Gasteiger partial charge in [0.1, 0.15) is 6.54 Å². The van der Waals surface area contributed by atoms with Gasteiger partial charge in [-0.15, -0.1) is 10.2 Å². The molecule has 1 heterocycles. The number of esters is 1. The van der Waals surface area contributed by atoms with Crippen molar-refractivity contribution in [3.05, 3.63) is 58.6 Å². The lowest BCUT2D eigenvalue weighted by Gasteiger charge is -2.04. The molecule has 0 saturated heterocycles. The Labute approximate surface area is 157 Å². The monoisotopic (exact) mass is 415 g/mol. The van der Waals surface area contributed by atoms with Crippen molar-refractivity contribution in [2.24, 2.45) is 10.2 Å². The standard InChI is InChI=1S/C18H14BrN3O4/c1-26-15(23)10-22-14-8-3-2-7-13(14)16(18(22)25)20-21-17(24)11-5-4-6-12(19)9-11/h2-9,25H,10H2,1H3. The number of methoxy groups -OCH3 is 1. The van der Waals surface area contributed by atoms with Crippen LogP contribution < -0.4 is 0 Å². The van der Waals surface area contributed by atoms with Crippen molar-refractivity contribution < 1.29 is 19.4 Å². The van der Waals surface area contributed by atoms with Gasteiger partial charge in [-0.25, -0.2) is 0 Å². The van der Waals surface area contributed by atoms with E-state index in [-0.39, 0.29) is 18.1 Å². The van der Waals surface area contributed by atoms with E-state index in [1.807, 2.05) is 0 Å². The number of amides is 1. The molecule has 0 aliphatic rings. The highest BCUT2D eigenvalue weighted by molar-refractivity contribution is 9.10. The molecule has 2 aromatic carbocycles. The Balaban J connectivity index is 2.01. The van der Waals surface area contributed by atoms with E-state index in [9.17, 15) is 14.7 Å². The van der Waals surface area contributed by atoms with E-state index in [4.69, 9.17) is 0 Å². The first-order valence-corrected chi connectivity index (χ1v) is 8.39. The minimum Gasteiger partial charge on any atom is -0.493 e. The van der Waals surface area contributed by atoms with Crippen LogP contribution in [0.1, 0.15) is 10.4 Å². The van der Waals surface area contributed by atoms with Crippen LogP contribution in [0.15, 0.2) is 63.2 Å². The van der Waals surface area contributed by atoms with E-state index in [0.29, 0.717) is 16.5 Å². The van der Waals surface area contributed by atoms with Crippen molar-refractivity contribution in [3.8, 4) is 5.88 Å². The van der Waals surface area contributed by atoms with Crippen LogP contribution in [0, 0.1) is 0 Å². The molecule has 0 unspecified atom stereocenters. The van der Waals surface area contributed by atoms with Crippen LogP contribution in [-0.2, 0) is 16.1 Å². The zero-order chi connectivity index (χ0) is 18.7. The SMILES string of the molecule is COC(=O)Cn1c(O)c(N=NC(=O)c2cccc(Br)c2)c2ccccc21. The fourth-order valence-electron chi connectivity index (χ4n) is 2.50. The molecule has 0 atom stereocenters. The molecule has 1 amide bonds. The van der Waals surface area contributed by atoms with E-state index in [1.165, 1.54) is 11.7 Å². The first kappa shape index (κ1) is 17.8. The quantitative estimate of drug-likeness (QED) is 0.510. The predicted molar refractivity (Wildman–Crippen MR) is 98.6 cm³/mol. The van der Waals surface area contributed by atoms with Gasteiger partial charge >= 0.3 is 5.97 Å². The maximum absolute atomic E-state index is 12.2. The Morgan fingerprint density at radius 1 is 1.19 bits per heavy atom. The maximum Gasteiger partial charge on any atom is 0.325 e. The summed E-state index contributed by atoms with van der Waals surface area (Å²) in [4.78, 5) is 23.8. The number of hydrogen-bond acceptors (Lipinski definition) is 5. The van der Waals surface area contributed by atoms with Crippen LogP contribution >= 0.6 is 15.9 Å². The summed E-state index contributed by atoms with van der Waals surface area (Å²) in [7, 11) is 1.27. The number of para-hydroxylation sites is 1. The zero-order valence-corrected chi connectivity index (χ0v) is 15.3. The van der Waals surface area contributed by atoms with Crippen LogP contribution in [0.3, 0.4) is 0 Å². The van der Waals surface area contributed by atoms with Gasteiger partial charge in [0.05, 0.1) is 12.6 Å². The number of aromatic hydroxyl groups is 1. The second-order valence-electron chi connectivity index (χ2n) is 5.37. The summed E-state index contributed by atoms with van der Waals surface area (Å²) in [6.07, 6.45) is 0. The van der Waals surface area contributed by atoms with Gasteiger partial charge in [0, 0.05) is 15.4 Å². The van der Waals surface area contributed by atoms with Crippen molar-refractivity contribution in [1.82, 2.24) is 4.57 Å². The highest BCUT2D eigenvalue weighted by Gasteiger charge is 2.19. The van der Waals surface area contributed by atoms with E-state index in [2.05, 4.69) is 30.9 Å². The van der Waals surface area contributed by atoms with Crippen LogP contribution in [0.2, 0.25) is 0 Å². The fraction of sp³-hybridized carbons (Fsp3) is 0.111. The molecule has 0 spiro atoms. The van der Waals surface area contributed by atoms with E-state index in [1.54, 1.807) is 48.5 Å². The van der Waals surface area contributed by atoms with Crippen LogP contribution in [-0.4, -0.2) is 28.7 Å². The number of halogens is 1. The summed E-state index contributed by atoms with van der Waals surface area (Å²) < 4.78 is 6.76. The third kappa shape index (κ3) is 3.50. The van der Waals surface area contributed by atoms with Gasteiger partial charge in [0.15, 0.2) is 5.69 Å². The van der Waals surface area contributed by atoms with Gasteiger partial charge in [-0.3, -0.25) is 14.2 Å². The summed E-state index contributed by atoms with van der Waals surface area (Å²) in [5, 5.41) is 18.7. The third-order valence-electron chi connectivity index (χ3n) is 3.74. The number of hydrogen-bond donors (Lipinski definition) is 1. The fourth-order valence-corrected chi connectivity index (χ4v) is 2.90. The summed E-state index contributed by atoms with van der Waals surface area (Å²) >= 11 is 3.29. The van der Waals surface area contributed by atoms with Crippen molar-refractivity contribution in [2.75, 3.05) is 7.11 Å². The molecule has 1 aromatic heterocycles. The first-order chi connectivity index (χ1) is 12.5. The van der Waals surface area contributed by atoms with Gasteiger partial charge in [-0.1, -0.05) is 40.2 Å². The molecule has 3 aromatic rings. The molecule has 26 heavy (non-hydrogen) atoms. The Bertz CT molecular complexity index is 1030. The lowest BCUT2D eigenvalue weighted by molar-refractivity contribution is -0.141. The molecule has 0 bridgehead atoms. The number of benzene rings is 2. The summed E-state index contributed by atoms with van der Waals surface area (Å²) in [5.74, 6) is -1.33. The number of nitrogens with zero attached hydrogens (tertiary/aromatic N) is 3. The maximum atomic E-state index is 12.2. The van der Waals surface area contributed by atoms with Crippen molar-refractivity contribution >= 4 is 44.4 Å². The van der Waals surface area contributed by atoms with E-state index in [0.717, 1.165) is 4.47 Å². The van der Waals surface area contributed by atoms with Crippen molar-refractivity contribution in [1.29, 1.82) is 0 Å². The Kier molecular flexibility index (Phi) is 5.13. The minimum atomic E-state index is -0.546. The number of carbonyl (C=O) groups is 2. The summed E-state index contributed by atoms with van der Waals surface area (Å²) in [6, 6.07) is 13.7. The van der Waals surface area contributed by atoms with E-state index >= 15 is 0 Å². The second kappa shape index (κ2) is 7.49. The highest BCUT2D eigenvalue weighted by Crippen LogP contribution is 2.38. The van der Waals surface area contributed by atoms with Gasteiger partial charge in [-0.05, 0) is 24.3 Å². The molecule has 1 N–H and O–H groups in total. The van der Waals surface area contributed by atoms with Crippen LogP contribution in [0.25, 0.3) is 10.9 Å². The number of fused-ring (bicyclic) bond motifs is 1. The molecule has 8 heteroatoms. The van der Waals surface area contributed by atoms with Crippen molar-refractivity contribution in [2.45, 2.75) is 6.54 Å². The van der Waals surface area contributed by atoms with Gasteiger partial charge in [0.25, 0.3) is 5.91 Å². The van der Waals surface area contributed by atoms with Crippen molar-refractivity contribution in [3.63, 3.8) is 0 Å². The molecule has 0 aliphatic heterocycles. The molecule has 0 radical (unpaired) electrons. The third-order valence-corrected chi connectivity index (χ3v) is 4.24. The summed E-state index contributed by atoms with van der Waals surface area (Å²) in [5.41, 5.74) is 1.06. The lowest BCUT2D eigenvalue weighted by atomic mass is 10.2. The Morgan fingerprint density at radius 3 is 2.69 bits per heavy atom. The van der Waals surface area contributed by atoms with Gasteiger partial charge in [-0.2, -0.15) is 0 Å². The Hall–Kier alpha value is -3.00. The molecule has 132 valence electrons. The number of carbonyl (C=O) groups excluding carboxylic acids is 2. The normalized spacial score (nSPS) is 11.2. The molecule has 7 nitrogen and oxygen atoms in total. The number of aromatic nitrogens is 1. The van der Waals surface area contributed by atoms with Gasteiger partial charge in [0.2, 0.25) is 5.88 Å². The molecular formula is C18H14BrN3O4. The molecule has 0 saturated carbocycles. The number of rotatable bonds is 4. The van der Waals surface area contributed by atoms with Gasteiger partial charge < -0.3 is 9.84 Å². The summed E-state index contributed by atoms with van der Waals surface area (Å²) in [6.45, 7) is -0.183. The number of ether oxygens (including phenoxy) is 1. The topological polar surface area (TPSA) is 93.2 Å². The molecular weight excluding hydrogens is 402 g/mol. The lowest BCUT2D eigenvalue weighted by Crippen LogP contribution is -2.10. The smallest absolute Gasteiger partial charge is 0.325 e. The first-order valence-electron chi connectivity index (χ1n) is 7.60. The average Bonchev–Trinajstić information content (AvgIpc) is 2.91. The predicted octanol–water partition coefficient (Wildman–Crippen LogP) is 4.21. The largest absolute Gasteiger partial charge is 0.493 e. The Morgan fingerprint density at radius 2 is 1.96 bits per heavy atom. The van der Waals surface area contributed by atoms with E-state index < -0.39 is 11.9 Å². The zero-order valence-electron chi connectivity index (χ0n) is 13.7. The average molecular weight is 416 g/mol. The highest BCUT2D eigenvalue weighted by atomic mass is 79.9. The molecule has 3 rings (SSSR count). The molecule has 0 fully saturated rings. The van der Waals surface area contributed by atoms with Crippen LogP contribution in [0.5, 0.6) is 5.88 Å². The second-order valence-corrected chi connectivity index (χ2v) is 6.28. The van der Waals surface area contributed by atoms with Crippen LogP contribution in [0.4, 0.5) is 5.69 Å².